The van der Waals surface area contributed by atoms with Crippen LogP contribution in [0, 0.1) is 11.6 Å². The van der Waals surface area contributed by atoms with E-state index in [1.165, 1.54) is 12.1 Å². The van der Waals surface area contributed by atoms with Gasteiger partial charge in [-0.05, 0) is 41.8 Å². The van der Waals surface area contributed by atoms with E-state index in [1.807, 2.05) is 39.0 Å². The second kappa shape index (κ2) is 8.65. The van der Waals surface area contributed by atoms with Crippen LogP contribution in [0.2, 0.25) is 0 Å². The van der Waals surface area contributed by atoms with Gasteiger partial charge in [-0.2, -0.15) is 5.10 Å². The van der Waals surface area contributed by atoms with Crippen molar-refractivity contribution in [3.63, 3.8) is 0 Å². The summed E-state index contributed by atoms with van der Waals surface area (Å²) in [6.07, 6.45) is 0.999. The Bertz CT molecular complexity index is 1230. The number of urea groups is 1. The van der Waals surface area contributed by atoms with Crippen LogP contribution in [0.5, 0.6) is 0 Å². The average Bonchev–Trinajstić information content (AvgIpc) is 3.07. The number of carbonyl (C=O) groups excluding carboxylic acids is 2. The quantitative estimate of drug-likeness (QED) is 0.552. The first-order valence-corrected chi connectivity index (χ1v) is 10.6. The van der Waals surface area contributed by atoms with Gasteiger partial charge in [-0.3, -0.25) is 10.1 Å². The lowest BCUT2D eigenvalue weighted by molar-refractivity contribution is -0.120. The van der Waals surface area contributed by atoms with E-state index in [0.29, 0.717) is 30.9 Å². The van der Waals surface area contributed by atoms with Crippen molar-refractivity contribution in [1.29, 1.82) is 0 Å². The zero-order valence-corrected chi connectivity index (χ0v) is 18.6. The predicted octanol–water partition coefficient (Wildman–Crippen LogP) is 4.31. The molecule has 1 aliphatic rings. The number of amides is 3. The van der Waals surface area contributed by atoms with Crippen LogP contribution in [0.25, 0.3) is 5.69 Å². The summed E-state index contributed by atoms with van der Waals surface area (Å²) in [6.45, 7) is 6.55. The molecule has 3 amide bonds. The molecule has 0 unspecified atom stereocenters. The first-order valence-electron chi connectivity index (χ1n) is 10.6. The number of hydrogen-bond acceptors (Lipinski definition) is 3. The van der Waals surface area contributed by atoms with Crippen molar-refractivity contribution in [2.45, 2.75) is 39.0 Å². The van der Waals surface area contributed by atoms with E-state index in [2.05, 4.69) is 21.0 Å². The molecule has 0 fully saturated rings. The van der Waals surface area contributed by atoms with Gasteiger partial charge in [0.2, 0.25) is 5.91 Å². The van der Waals surface area contributed by atoms with Gasteiger partial charge in [0.1, 0.15) is 5.82 Å². The highest BCUT2D eigenvalue weighted by atomic mass is 19.2. The number of halogens is 2. The van der Waals surface area contributed by atoms with Gasteiger partial charge in [0.15, 0.2) is 11.6 Å². The Balaban J connectivity index is 1.67. The Morgan fingerprint density at radius 3 is 2.64 bits per heavy atom. The molecule has 3 N–H and O–H groups in total. The Hall–Kier alpha value is -3.75. The van der Waals surface area contributed by atoms with Gasteiger partial charge in [-0.25, -0.2) is 18.3 Å². The standard InChI is InChI=1S/C24H25F2N5O2/c1-24(2,3)19-13-20(29-23(33)28-18-6-4-5-17(25)22(18)26)31(30-19)16-8-7-14-12-21(32)27-10-9-15(14)11-16/h4-8,11,13H,9-10,12H2,1-3H3,(H,27,32)(H2,28,29,33). The van der Waals surface area contributed by atoms with Crippen molar-refractivity contribution in [2.75, 3.05) is 17.2 Å². The van der Waals surface area contributed by atoms with E-state index < -0.39 is 17.7 Å². The first-order chi connectivity index (χ1) is 15.6. The fraction of sp³-hybridized carbons (Fsp3) is 0.292. The van der Waals surface area contributed by atoms with Crippen molar-refractivity contribution in [1.82, 2.24) is 15.1 Å². The lowest BCUT2D eigenvalue weighted by Crippen LogP contribution is -2.24. The Kier molecular flexibility index (Phi) is 5.88. The Morgan fingerprint density at radius 1 is 1.09 bits per heavy atom. The third-order valence-electron chi connectivity index (χ3n) is 5.42. The minimum absolute atomic E-state index is 0.0146. The largest absolute Gasteiger partial charge is 0.355 e. The van der Waals surface area contributed by atoms with Crippen molar-refractivity contribution in [3.05, 3.63) is 70.9 Å². The van der Waals surface area contributed by atoms with Crippen molar-refractivity contribution in [3.8, 4) is 5.69 Å². The molecule has 3 aromatic rings. The highest BCUT2D eigenvalue weighted by Gasteiger charge is 2.23. The molecule has 0 bridgehead atoms. The van der Waals surface area contributed by atoms with Gasteiger partial charge in [0.05, 0.1) is 23.5 Å². The van der Waals surface area contributed by atoms with E-state index in [-0.39, 0.29) is 17.0 Å². The third kappa shape index (κ3) is 4.87. The molecule has 0 spiro atoms. The van der Waals surface area contributed by atoms with Gasteiger partial charge in [0, 0.05) is 18.0 Å². The molecular formula is C24H25F2N5O2. The maximum atomic E-state index is 14.0. The fourth-order valence-corrected chi connectivity index (χ4v) is 3.63. The number of anilines is 2. The summed E-state index contributed by atoms with van der Waals surface area (Å²) in [5, 5.41) is 12.6. The molecular weight excluding hydrogens is 428 g/mol. The number of nitrogens with zero attached hydrogens (tertiary/aromatic N) is 2. The fourth-order valence-electron chi connectivity index (χ4n) is 3.63. The molecule has 1 aliphatic heterocycles. The molecule has 0 atom stereocenters. The Labute approximate surface area is 190 Å². The van der Waals surface area contributed by atoms with Gasteiger partial charge < -0.3 is 10.6 Å². The van der Waals surface area contributed by atoms with Crippen molar-refractivity contribution >= 4 is 23.4 Å². The lowest BCUT2D eigenvalue weighted by atomic mass is 9.92. The molecule has 1 aromatic heterocycles. The monoisotopic (exact) mass is 453 g/mol. The number of fused-ring (bicyclic) bond motifs is 1. The summed E-state index contributed by atoms with van der Waals surface area (Å²) in [6, 6.07) is 10.3. The first kappa shape index (κ1) is 22.4. The minimum Gasteiger partial charge on any atom is -0.355 e. The highest BCUT2D eigenvalue weighted by Crippen LogP contribution is 2.28. The number of rotatable bonds is 3. The van der Waals surface area contributed by atoms with Crippen LogP contribution in [-0.2, 0) is 23.1 Å². The lowest BCUT2D eigenvalue weighted by Gasteiger charge is -2.14. The number of aromatic nitrogens is 2. The topological polar surface area (TPSA) is 88.0 Å². The number of benzene rings is 2. The highest BCUT2D eigenvalue weighted by molar-refractivity contribution is 5.99. The third-order valence-corrected chi connectivity index (χ3v) is 5.42. The van der Waals surface area contributed by atoms with Crippen molar-refractivity contribution < 1.29 is 18.4 Å². The number of nitrogens with one attached hydrogen (secondary N) is 3. The van der Waals surface area contributed by atoms with E-state index >= 15 is 0 Å². The van der Waals surface area contributed by atoms with E-state index in [1.54, 1.807) is 10.7 Å². The molecule has 2 aromatic carbocycles. The minimum atomic E-state index is -1.13. The average molecular weight is 453 g/mol. The van der Waals surface area contributed by atoms with E-state index in [4.69, 9.17) is 0 Å². The van der Waals surface area contributed by atoms with Gasteiger partial charge in [-0.15, -0.1) is 0 Å². The molecule has 0 aliphatic carbocycles. The molecule has 0 saturated heterocycles. The smallest absolute Gasteiger partial charge is 0.324 e. The van der Waals surface area contributed by atoms with E-state index in [9.17, 15) is 18.4 Å². The molecule has 0 saturated carbocycles. The van der Waals surface area contributed by atoms with Crippen LogP contribution in [0.15, 0.2) is 42.5 Å². The summed E-state index contributed by atoms with van der Waals surface area (Å²) in [7, 11) is 0. The van der Waals surface area contributed by atoms with Crippen molar-refractivity contribution in [2.24, 2.45) is 0 Å². The van der Waals surface area contributed by atoms with Crippen LogP contribution in [0.3, 0.4) is 0 Å². The van der Waals surface area contributed by atoms with Crippen LogP contribution in [0.4, 0.5) is 25.1 Å². The normalized spacial score (nSPS) is 13.7. The van der Waals surface area contributed by atoms with Crippen LogP contribution >= 0.6 is 0 Å². The SMILES string of the molecule is CC(C)(C)c1cc(NC(=O)Nc2cccc(F)c2F)n(-c2ccc3c(c2)CCNC(=O)C3)n1. The summed E-state index contributed by atoms with van der Waals surface area (Å²) >= 11 is 0. The van der Waals surface area contributed by atoms with Crippen LogP contribution in [0.1, 0.15) is 37.6 Å². The summed E-state index contributed by atoms with van der Waals surface area (Å²) in [5.74, 6) is -1.83. The summed E-state index contributed by atoms with van der Waals surface area (Å²) < 4.78 is 29.0. The molecule has 33 heavy (non-hydrogen) atoms. The molecule has 172 valence electrons. The maximum absolute atomic E-state index is 14.0. The van der Waals surface area contributed by atoms with Gasteiger partial charge in [-0.1, -0.05) is 32.9 Å². The van der Waals surface area contributed by atoms with Gasteiger partial charge >= 0.3 is 6.03 Å². The van der Waals surface area contributed by atoms with E-state index in [0.717, 1.165) is 22.9 Å². The summed E-state index contributed by atoms with van der Waals surface area (Å²) in [4.78, 5) is 24.5. The molecule has 2 heterocycles. The predicted molar refractivity (Wildman–Crippen MR) is 122 cm³/mol. The van der Waals surface area contributed by atoms with Crippen LogP contribution in [-0.4, -0.2) is 28.3 Å². The maximum Gasteiger partial charge on any atom is 0.324 e. The number of carbonyl (C=O) groups is 2. The molecule has 7 nitrogen and oxygen atoms in total. The zero-order chi connectivity index (χ0) is 23.8. The van der Waals surface area contributed by atoms with Gasteiger partial charge in [0.25, 0.3) is 0 Å². The second-order valence-electron chi connectivity index (χ2n) is 8.99. The molecule has 9 heteroatoms. The summed E-state index contributed by atoms with van der Waals surface area (Å²) in [5.41, 5.74) is 2.86. The zero-order valence-electron chi connectivity index (χ0n) is 18.6. The molecule has 0 radical (unpaired) electrons. The Morgan fingerprint density at radius 2 is 1.88 bits per heavy atom. The second-order valence-corrected chi connectivity index (χ2v) is 8.99. The van der Waals surface area contributed by atoms with Crippen LogP contribution < -0.4 is 16.0 Å². The number of hydrogen-bond donors (Lipinski definition) is 3. The molecule has 4 rings (SSSR count).